The molecule has 2 rings (SSSR count). The molecule has 1 unspecified atom stereocenters. The Kier molecular flexibility index (Phi) is 4.14. The van der Waals surface area contributed by atoms with Crippen LogP contribution in [0.15, 0.2) is 34.9 Å². The highest BCUT2D eigenvalue weighted by atomic mass is 79.9. The summed E-state index contributed by atoms with van der Waals surface area (Å²) < 4.78 is 15.7. The number of likely N-dealkylation sites (N-methyl/N-ethyl adjacent to an activating group) is 1. The van der Waals surface area contributed by atoms with Crippen LogP contribution in [0.2, 0.25) is 0 Å². The summed E-state index contributed by atoms with van der Waals surface area (Å²) in [5.41, 5.74) is 2.17. The topological polar surface area (TPSA) is 29.9 Å². The average Bonchev–Trinajstić information content (AvgIpc) is 2.69. The van der Waals surface area contributed by atoms with Gasteiger partial charge in [-0.05, 0) is 47.1 Å². The normalized spacial score (nSPS) is 12.7. The summed E-state index contributed by atoms with van der Waals surface area (Å²) in [6.45, 7) is 0. The maximum atomic E-state index is 12.9. The number of aromatic nitrogens is 2. The molecular formula is C13H15BrFN3. The summed E-state index contributed by atoms with van der Waals surface area (Å²) in [5.74, 6) is -0.207. The second kappa shape index (κ2) is 5.63. The molecule has 0 fully saturated rings. The number of hydrogen-bond acceptors (Lipinski definition) is 2. The molecule has 0 aliphatic carbocycles. The van der Waals surface area contributed by atoms with Crippen molar-refractivity contribution >= 4 is 15.9 Å². The molecule has 1 heterocycles. The van der Waals surface area contributed by atoms with Gasteiger partial charge < -0.3 is 5.32 Å². The lowest BCUT2D eigenvalue weighted by molar-refractivity contribution is 0.534. The van der Waals surface area contributed by atoms with Gasteiger partial charge in [0.2, 0.25) is 0 Å². The van der Waals surface area contributed by atoms with E-state index in [0.717, 1.165) is 22.2 Å². The Bertz CT molecular complexity index is 502. The Morgan fingerprint density at radius 3 is 2.56 bits per heavy atom. The molecular weight excluding hydrogens is 297 g/mol. The van der Waals surface area contributed by atoms with Gasteiger partial charge in [0, 0.05) is 7.05 Å². The Balaban J connectivity index is 2.22. The fraction of sp³-hybridized carbons (Fsp3) is 0.308. The van der Waals surface area contributed by atoms with E-state index < -0.39 is 0 Å². The Morgan fingerprint density at radius 2 is 2.06 bits per heavy atom. The van der Waals surface area contributed by atoms with Crippen molar-refractivity contribution < 1.29 is 4.39 Å². The molecule has 5 heteroatoms. The van der Waals surface area contributed by atoms with Crippen molar-refractivity contribution in [2.75, 3.05) is 7.05 Å². The van der Waals surface area contributed by atoms with Gasteiger partial charge >= 0.3 is 0 Å². The van der Waals surface area contributed by atoms with Crippen LogP contribution in [0.5, 0.6) is 0 Å². The molecule has 0 aliphatic heterocycles. The maximum Gasteiger partial charge on any atom is 0.123 e. The van der Waals surface area contributed by atoms with Crippen molar-refractivity contribution in [2.45, 2.75) is 12.5 Å². The zero-order valence-corrected chi connectivity index (χ0v) is 11.9. The van der Waals surface area contributed by atoms with E-state index in [1.807, 2.05) is 30.9 Å². The third-order valence-corrected chi connectivity index (χ3v) is 3.58. The van der Waals surface area contributed by atoms with Crippen molar-refractivity contribution in [1.82, 2.24) is 15.1 Å². The Labute approximate surface area is 114 Å². The SMILES string of the molecule is CNC(Cc1ccc(F)cc1)c1c(Br)cnn1C. The number of nitrogens with one attached hydrogen (secondary N) is 1. The van der Waals surface area contributed by atoms with E-state index in [-0.39, 0.29) is 11.9 Å². The van der Waals surface area contributed by atoms with Crippen LogP contribution in [0.3, 0.4) is 0 Å². The molecule has 3 nitrogen and oxygen atoms in total. The first-order chi connectivity index (χ1) is 8.61. The van der Waals surface area contributed by atoms with Gasteiger partial charge in [0.05, 0.1) is 22.4 Å². The van der Waals surface area contributed by atoms with Gasteiger partial charge in [0.25, 0.3) is 0 Å². The van der Waals surface area contributed by atoms with E-state index in [1.54, 1.807) is 6.20 Å². The van der Waals surface area contributed by atoms with Gasteiger partial charge in [0.15, 0.2) is 0 Å². The third-order valence-electron chi connectivity index (χ3n) is 2.97. The zero-order valence-electron chi connectivity index (χ0n) is 10.3. The average molecular weight is 312 g/mol. The number of hydrogen-bond donors (Lipinski definition) is 1. The van der Waals surface area contributed by atoms with Gasteiger partial charge in [-0.1, -0.05) is 12.1 Å². The second-order valence-corrected chi connectivity index (χ2v) is 5.03. The highest BCUT2D eigenvalue weighted by Gasteiger charge is 2.17. The first-order valence-electron chi connectivity index (χ1n) is 5.71. The van der Waals surface area contributed by atoms with Crippen LogP contribution < -0.4 is 5.32 Å². The largest absolute Gasteiger partial charge is 0.311 e. The molecule has 0 radical (unpaired) electrons. The molecule has 96 valence electrons. The predicted molar refractivity (Wildman–Crippen MR) is 72.8 cm³/mol. The second-order valence-electron chi connectivity index (χ2n) is 4.17. The lowest BCUT2D eigenvalue weighted by Crippen LogP contribution is -2.22. The monoisotopic (exact) mass is 311 g/mol. The molecule has 18 heavy (non-hydrogen) atoms. The van der Waals surface area contributed by atoms with E-state index in [1.165, 1.54) is 12.1 Å². The van der Waals surface area contributed by atoms with Crippen molar-refractivity contribution in [3.8, 4) is 0 Å². The van der Waals surface area contributed by atoms with E-state index in [2.05, 4.69) is 26.3 Å². The minimum atomic E-state index is -0.207. The lowest BCUT2D eigenvalue weighted by atomic mass is 10.0. The molecule has 1 aromatic carbocycles. The first-order valence-corrected chi connectivity index (χ1v) is 6.50. The van der Waals surface area contributed by atoms with Crippen LogP contribution >= 0.6 is 15.9 Å². The van der Waals surface area contributed by atoms with E-state index in [0.29, 0.717) is 0 Å². The number of benzene rings is 1. The molecule has 0 saturated heterocycles. The van der Waals surface area contributed by atoms with Crippen molar-refractivity contribution in [3.63, 3.8) is 0 Å². The molecule has 2 aromatic rings. The summed E-state index contributed by atoms with van der Waals surface area (Å²) in [7, 11) is 3.82. The van der Waals surface area contributed by atoms with Gasteiger partial charge in [0.1, 0.15) is 5.82 Å². The van der Waals surface area contributed by atoms with Gasteiger partial charge in [-0.2, -0.15) is 5.10 Å². The number of rotatable bonds is 4. The number of aryl methyl sites for hydroxylation is 1. The molecule has 0 saturated carbocycles. The summed E-state index contributed by atoms with van der Waals surface area (Å²) >= 11 is 3.50. The predicted octanol–water partition coefficient (Wildman–Crippen LogP) is 2.82. The van der Waals surface area contributed by atoms with Crippen LogP contribution in [-0.4, -0.2) is 16.8 Å². The van der Waals surface area contributed by atoms with Crippen LogP contribution in [0.1, 0.15) is 17.3 Å². The van der Waals surface area contributed by atoms with Gasteiger partial charge in [-0.15, -0.1) is 0 Å². The molecule has 0 spiro atoms. The van der Waals surface area contributed by atoms with Crippen LogP contribution in [-0.2, 0) is 13.5 Å². The number of halogens is 2. The summed E-state index contributed by atoms with van der Waals surface area (Å²) in [5, 5.41) is 7.48. The fourth-order valence-corrected chi connectivity index (χ4v) is 2.63. The minimum Gasteiger partial charge on any atom is -0.311 e. The quantitative estimate of drug-likeness (QED) is 0.941. The third kappa shape index (κ3) is 2.79. The highest BCUT2D eigenvalue weighted by Crippen LogP contribution is 2.25. The van der Waals surface area contributed by atoms with E-state index >= 15 is 0 Å². The van der Waals surface area contributed by atoms with Crippen molar-refractivity contribution in [3.05, 3.63) is 52.0 Å². The first kappa shape index (κ1) is 13.2. The van der Waals surface area contributed by atoms with Crippen molar-refractivity contribution in [1.29, 1.82) is 0 Å². The van der Waals surface area contributed by atoms with Gasteiger partial charge in [-0.3, -0.25) is 4.68 Å². The van der Waals surface area contributed by atoms with E-state index in [4.69, 9.17) is 0 Å². The van der Waals surface area contributed by atoms with Gasteiger partial charge in [-0.25, -0.2) is 4.39 Å². The zero-order chi connectivity index (χ0) is 13.1. The Morgan fingerprint density at radius 1 is 1.39 bits per heavy atom. The standard InChI is InChI=1S/C13H15BrFN3/c1-16-12(13-11(14)8-17-18(13)2)7-9-3-5-10(15)6-4-9/h3-6,8,12,16H,7H2,1-2H3. The molecule has 0 aliphatic rings. The van der Waals surface area contributed by atoms with E-state index in [9.17, 15) is 4.39 Å². The lowest BCUT2D eigenvalue weighted by Gasteiger charge is -2.17. The van der Waals surface area contributed by atoms with Crippen molar-refractivity contribution in [2.24, 2.45) is 7.05 Å². The molecule has 1 aromatic heterocycles. The van der Waals surface area contributed by atoms with Crippen LogP contribution in [0.25, 0.3) is 0 Å². The minimum absolute atomic E-state index is 0.136. The molecule has 1 atom stereocenters. The Hall–Kier alpha value is -1.20. The summed E-state index contributed by atoms with van der Waals surface area (Å²) in [6, 6.07) is 6.73. The summed E-state index contributed by atoms with van der Waals surface area (Å²) in [4.78, 5) is 0. The van der Waals surface area contributed by atoms with Crippen LogP contribution in [0.4, 0.5) is 4.39 Å². The number of nitrogens with zero attached hydrogens (tertiary/aromatic N) is 2. The molecule has 1 N–H and O–H groups in total. The smallest absolute Gasteiger partial charge is 0.123 e. The fourth-order valence-electron chi connectivity index (χ4n) is 2.00. The van der Waals surface area contributed by atoms with Crippen LogP contribution in [0, 0.1) is 5.82 Å². The maximum absolute atomic E-state index is 12.9. The molecule has 0 bridgehead atoms. The highest BCUT2D eigenvalue weighted by molar-refractivity contribution is 9.10. The summed E-state index contributed by atoms with van der Waals surface area (Å²) in [6.07, 6.45) is 2.57. The molecule has 0 amide bonds.